The van der Waals surface area contributed by atoms with Gasteiger partial charge in [-0.05, 0) is 43.7 Å². The average Bonchev–Trinajstić information content (AvgIpc) is 3.13. The quantitative estimate of drug-likeness (QED) is 0.904. The van der Waals surface area contributed by atoms with Crippen molar-refractivity contribution in [3.8, 4) is 0 Å². The van der Waals surface area contributed by atoms with Crippen molar-refractivity contribution in [3.63, 3.8) is 0 Å². The van der Waals surface area contributed by atoms with Crippen LogP contribution in [0.1, 0.15) is 30.6 Å². The summed E-state index contributed by atoms with van der Waals surface area (Å²) < 4.78 is 0. The number of hydrogen-bond acceptors (Lipinski definition) is 3. The fourth-order valence-electron chi connectivity index (χ4n) is 2.64. The average molecular weight is 264 g/mol. The van der Waals surface area contributed by atoms with Gasteiger partial charge in [-0.15, -0.1) is 11.3 Å². The summed E-state index contributed by atoms with van der Waals surface area (Å²) in [6.45, 7) is 2.75. The summed E-state index contributed by atoms with van der Waals surface area (Å²) in [4.78, 5) is 16.0. The molecule has 1 amide bonds. The Morgan fingerprint density at radius 3 is 2.94 bits per heavy atom. The highest BCUT2D eigenvalue weighted by molar-refractivity contribution is 7.09. The topological polar surface area (TPSA) is 32.3 Å². The molecule has 0 bridgehead atoms. The number of nitrogens with zero attached hydrogens (tertiary/aromatic N) is 1. The van der Waals surface area contributed by atoms with Crippen molar-refractivity contribution >= 4 is 17.2 Å². The lowest BCUT2D eigenvalue weighted by atomic mass is 9.98. The normalized spacial score (nSPS) is 23.9. The van der Waals surface area contributed by atoms with Crippen LogP contribution in [0.15, 0.2) is 17.5 Å². The summed E-state index contributed by atoms with van der Waals surface area (Å²) in [5.74, 6) is 0.581. The van der Waals surface area contributed by atoms with Gasteiger partial charge in [-0.2, -0.15) is 0 Å². The van der Waals surface area contributed by atoms with Crippen LogP contribution in [0, 0.1) is 5.92 Å². The largest absolute Gasteiger partial charge is 0.334 e. The molecule has 1 unspecified atom stereocenters. The van der Waals surface area contributed by atoms with Gasteiger partial charge in [-0.25, -0.2) is 0 Å². The number of carbonyl (C=O) groups is 1. The van der Waals surface area contributed by atoms with Gasteiger partial charge in [0.1, 0.15) is 0 Å². The lowest BCUT2D eigenvalue weighted by Gasteiger charge is -2.29. The standard InChI is InChI=1S/C14H20N2OS/c17-14(11-3-1-7-15-9-11)16(12-5-6-12)10-13-4-2-8-18-13/h2,4,8,11-12,15H,1,3,5-7,9-10H2. The summed E-state index contributed by atoms with van der Waals surface area (Å²) in [5, 5.41) is 5.43. The highest BCUT2D eigenvalue weighted by Gasteiger charge is 2.36. The Labute approximate surface area is 112 Å². The Morgan fingerprint density at radius 1 is 1.44 bits per heavy atom. The van der Waals surface area contributed by atoms with Gasteiger partial charge in [0.25, 0.3) is 0 Å². The van der Waals surface area contributed by atoms with E-state index in [1.807, 2.05) is 0 Å². The van der Waals surface area contributed by atoms with Gasteiger partial charge in [0, 0.05) is 17.5 Å². The molecule has 1 aromatic heterocycles. The first-order chi connectivity index (χ1) is 8.84. The molecule has 98 valence electrons. The predicted octanol–water partition coefficient (Wildman–Crippen LogP) is 2.24. The van der Waals surface area contributed by atoms with E-state index < -0.39 is 0 Å². The number of hydrogen-bond donors (Lipinski definition) is 1. The van der Waals surface area contributed by atoms with E-state index >= 15 is 0 Å². The smallest absolute Gasteiger partial charge is 0.227 e. The van der Waals surface area contributed by atoms with Crippen molar-refractivity contribution in [3.05, 3.63) is 22.4 Å². The van der Waals surface area contributed by atoms with Gasteiger partial charge in [0.2, 0.25) is 5.91 Å². The Balaban J connectivity index is 1.66. The highest BCUT2D eigenvalue weighted by Crippen LogP contribution is 2.31. The fourth-order valence-corrected chi connectivity index (χ4v) is 3.34. The Kier molecular flexibility index (Phi) is 3.66. The van der Waals surface area contributed by atoms with Crippen LogP contribution in [-0.2, 0) is 11.3 Å². The Bertz CT molecular complexity index is 394. The van der Waals surface area contributed by atoms with Crippen LogP contribution >= 0.6 is 11.3 Å². The molecule has 1 saturated carbocycles. The summed E-state index contributed by atoms with van der Waals surface area (Å²) >= 11 is 1.75. The van der Waals surface area contributed by atoms with Crippen molar-refractivity contribution in [2.45, 2.75) is 38.3 Å². The molecule has 2 heterocycles. The molecular formula is C14H20N2OS. The molecule has 2 aliphatic rings. The molecule has 1 aromatic rings. The SMILES string of the molecule is O=C(C1CCCNC1)N(Cc1cccs1)C1CC1. The van der Waals surface area contributed by atoms with Crippen molar-refractivity contribution in [1.29, 1.82) is 0 Å². The molecule has 1 atom stereocenters. The van der Waals surface area contributed by atoms with Gasteiger partial charge >= 0.3 is 0 Å². The van der Waals surface area contributed by atoms with E-state index in [1.165, 1.54) is 17.7 Å². The number of nitrogens with one attached hydrogen (secondary N) is 1. The summed E-state index contributed by atoms with van der Waals surface area (Å²) in [5.41, 5.74) is 0. The van der Waals surface area contributed by atoms with Gasteiger partial charge < -0.3 is 10.2 Å². The van der Waals surface area contributed by atoms with Crippen LogP contribution in [0.2, 0.25) is 0 Å². The summed E-state index contributed by atoms with van der Waals surface area (Å²) in [6, 6.07) is 4.71. The van der Waals surface area contributed by atoms with Gasteiger partial charge in [-0.3, -0.25) is 4.79 Å². The number of amides is 1. The van der Waals surface area contributed by atoms with Crippen molar-refractivity contribution in [2.24, 2.45) is 5.92 Å². The lowest BCUT2D eigenvalue weighted by molar-refractivity contribution is -0.137. The summed E-state index contributed by atoms with van der Waals surface area (Å²) in [7, 11) is 0. The predicted molar refractivity (Wildman–Crippen MR) is 73.5 cm³/mol. The van der Waals surface area contributed by atoms with E-state index in [9.17, 15) is 4.79 Å². The Morgan fingerprint density at radius 2 is 2.33 bits per heavy atom. The van der Waals surface area contributed by atoms with E-state index in [0.29, 0.717) is 11.9 Å². The molecule has 3 nitrogen and oxygen atoms in total. The second kappa shape index (κ2) is 5.41. The van der Waals surface area contributed by atoms with Gasteiger partial charge in [0.15, 0.2) is 0 Å². The number of thiophene rings is 1. The van der Waals surface area contributed by atoms with Crippen LogP contribution in [0.4, 0.5) is 0 Å². The molecule has 2 fully saturated rings. The van der Waals surface area contributed by atoms with Crippen molar-refractivity contribution in [1.82, 2.24) is 10.2 Å². The van der Waals surface area contributed by atoms with Crippen LogP contribution < -0.4 is 5.32 Å². The molecule has 3 rings (SSSR count). The minimum absolute atomic E-state index is 0.208. The first kappa shape index (κ1) is 12.2. The first-order valence-electron chi connectivity index (χ1n) is 6.88. The molecule has 4 heteroatoms. The molecule has 0 spiro atoms. The van der Waals surface area contributed by atoms with Gasteiger partial charge in [0.05, 0.1) is 12.5 Å². The highest BCUT2D eigenvalue weighted by atomic mass is 32.1. The number of rotatable bonds is 4. The molecule has 1 saturated heterocycles. The molecule has 1 aliphatic carbocycles. The maximum absolute atomic E-state index is 12.6. The fraction of sp³-hybridized carbons (Fsp3) is 0.643. The van der Waals surface area contributed by atoms with Crippen molar-refractivity contribution in [2.75, 3.05) is 13.1 Å². The number of carbonyl (C=O) groups excluding carboxylic acids is 1. The molecule has 0 aromatic carbocycles. The minimum atomic E-state index is 0.208. The van der Waals surface area contributed by atoms with Crippen LogP contribution in [0.3, 0.4) is 0 Å². The maximum atomic E-state index is 12.6. The monoisotopic (exact) mass is 264 g/mol. The van der Waals surface area contributed by atoms with E-state index in [4.69, 9.17) is 0 Å². The Hall–Kier alpha value is -0.870. The van der Waals surface area contributed by atoms with Crippen LogP contribution in [0.5, 0.6) is 0 Å². The van der Waals surface area contributed by atoms with Crippen LogP contribution in [-0.4, -0.2) is 29.9 Å². The zero-order chi connectivity index (χ0) is 12.4. The first-order valence-corrected chi connectivity index (χ1v) is 7.76. The third-order valence-electron chi connectivity index (χ3n) is 3.82. The minimum Gasteiger partial charge on any atom is -0.334 e. The maximum Gasteiger partial charge on any atom is 0.227 e. The summed E-state index contributed by atoms with van der Waals surface area (Å²) in [6.07, 6.45) is 4.57. The van der Waals surface area contributed by atoms with E-state index in [2.05, 4.69) is 27.7 Å². The van der Waals surface area contributed by atoms with E-state index in [-0.39, 0.29) is 5.92 Å². The van der Waals surface area contributed by atoms with Crippen molar-refractivity contribution < 1.29 is 4.79 Å². The molecular weight excluding hydrogens is 244 g/mol. The second-order valence-electron chi connectivity index (χ2n) is 5.32. The van der Waals surface area contributed by atoms with Gasteiger partial charge in [-0.1, -0.05) is 6.07 Å². The molecule has 1 N–H and O–H groups in total. The third-order valence-corrected chi connectivity index (χ3v) is 4.68. The number of piperidine rings is 1. The lowest BCUT2D eigenvalue weighted by Crippen LogP contribution is -2.43. The molecule has 18 heavy (non-hydrogen) atoms. The third kappa shape index (κ3) is 2.75. The zero-order valence-corrected chi connectivity index (χ0v) is 11.4. The van der Waals surface area contributed by atoms with Crippen LogP contribution in [0.25, 0.3) is 0 Å². The zero-order valence-electron chi connectivity index (χ0n) is 10.6. The second-order valence-corrected chi connectivity index (χ2v) is 6.35. The molecule has 0 radical (unpaired) electrons. The van der Waals surface area contributed by atoms with E-state index in [1.54, 1.807) is 11.3 Å². The molecule has 1 aliphatic heterocycles. The van der Waals surface area contributed by atoms with E-state index in [0.717, 1.165) is 32.5 Å².